The van der Waals surface area contributed by atoms with Gasteiger partial charge >= 0.3 is 0 Å². The van der Waals surface area contributed by atoms with Gasteiger partial charge in [0.15, 0.2) is 0 Å². The lowest BCUT2D eigenvalue weighted by Gasteiger charge is -2.18. The van der Waals surface area contributed by atoms with Crippen molar-refractivity contribution in [1.29, 1.82) is 5.26 Å². The van der Waals surface area contributed by atoms with Crippen molar-refractivity contribution in [3.05, 3.63) is 75.3 Å². The molecule has 1 saturated heterocycles. The highest BCUT2D eigenvalue weighted by Gasteiger charge is 2.40. The van der Waals surface area contributed by atoms with Gasteiger partial charge in [0.2, 0.25) is 5.91 Å². The van der Waals surface area contributed by atoms with Gasteiger partial charge in [0.05, 0.1) is 5.25 Å². The predicted molar refractivity (Wildman–Crippen MR) is 107 cm³/mol. The van der Waals surface area contributed by atoms with Crippen LogP contribution in [0.25, 0.3) is 0 Å². The van der Waals surface area contributed by atoms with Crippen molar-refractivity contribution in [2.45, 2.75) is 18.6 Å². The molecule has 2 aromatic rings. The Morgan fingerprint density at radius 2 is 1.93 bits per heavy atom. The van der Waals surface area contributed by atoms with E-state index < -0.39 is 11.2 Å². The van der Waals surface area contributed by atoms with E-state index in [0.717, 1.165) is 22.9 Å². The standard InChI is InChI=1S/C20H16ClN3O2S/c1-12-6-8-14(9-7-12)24-19(26)17(10-13-4-2-3-5-16(13)21)27-20(24)15(11-22)18(23)25/h2-9,17H,10H2,1H3,(H2,23,25)/b20-15-. The second kappa shape index (κ2) is 7.87. The molecule has 0 radical (unpaired) electrons. The molecule has 0 aromatic heterocycles. The Hall–Kier alpha value is -2.75. The molecule has 0 saturated carbocycles. The highest BCUT2D eigenvalue weighted by atomic mass is 35.5. The second-order valence-corrected chi connectivity index (χ2v) is 7.67. The van der Waals surface area contributed by atoms with Crippen molar-refractivity contribution < 1.29 is 9.59 Å². The molecule has 136 valence electrons. The summed E-state index contributed by atoms with van der Waals surface area (Å²) in [4.78, 5) is 26.3. The number of rotatable bonds is 4. The van der Waals surface area contributed by atoms with E-state index in [0.29, 0.717) is 17.1 Å². The lowest BCUT2D eigenvalue weighted by Crippen LogP contribution is -2.31. The zero-order valence-electron chi connectivity index (χ0n) is 14.5. The van der Waals surface area contributed by atoms with Crippen molar-refractivity contribution in [2.75, 3.05) is 4.90 Å². The molecule has 27 heavy (non-hydrogen) atoms. The van der Waals surface area contributed by atoms with Crippen LogP contribution in [-0.4, -0.2) is 17.1 Å². The fraction of sp³-hybridized carbons (Fsp3) is 0.150. The Balaban J connectivity index is 2.05. The molecule has 1 heterocycles. The summed E-state index contributed by atoms with van der Waals surface area (Å²) >= 11 is 7.39. The summed E-state index contributed by atoms with van der Waals surface area (Å²) in [5.74, 6) is -1.07. The van der Waals surface area contributed by atoms with Crippen molar-refractivity contribution in [3.8, 4) is 6.07 Å². The minimum absolute atomic E-state index is 0.215. The number of amides is 2. The van der Waals surface area contributed by atoms with Crippen LogP contribution in [0.4, 0.5) is 5.69 Å². The van der Waals surface area contributed by atoms with Crippen LogP contribution in [0, 0.1) is 18.3 Å². The van der Waals surface area contributed by atoms with Gasteiger partial charge in [-0.2, -0.15) is 5.26 Å². The lowest BCUT2D eigenvalue weighted by atomic mass is 10.1. The van der Waals surface area contributed by atoms with E-state index in [1.54, 1.807) is 18.2 Å². The Labute approximate surface area is 166 Å². The quantitative estimate of drug-likeness (QED) is 0.631. The molecule has 0 bridgehead atoms. The van der Waals surface area contributed by atoms with Gasteiger partial charge in [0.1, 0.15) is 16.7 Å². The minimum Gasteiger partial charge on any atom is -0.365 e. The number of halogens is 1. The molecule has 1 unspecified atom stereocenters. The maximum atomic E-state index is 13.1. The number of anilines is 1. The number of hydrogen-bond donors (Lipinski definition) is 1. The summed E-state index contributed by atoms with van der Waals surface area (Å²) < 4.78 is 0. The third-order valence-corrected chi connectivity index (χ3v) is 5.81. The molecule has 0 spiro atoms. The second-order valence-electron chi connectivity index (χ2n) is 6.07. The molecule has 2 aromatic carbocycles. The van der Waals surface area contributed by atoms with Gasteiger partial charge < -0.3 is 5.73 Å². The molecule has 7 heteroatoms. The molecule has 2 amide bonds. The molecule has 5 nitrogen and oxygen atoms in total. The van der Waals surface area contributed by atoms with Gasteiger partial charge in [-0.25, -0.2) is 0 Å². The van der Waals surface area contributed by atoms with Gasteiger partial charge in [-0.05, 0) is 37.1 Å². The van der Waals surface area contributed by atoms with Crippen LogP contribution in [0.2, 0.25) is 5.02 Å². The normalized spacial score (nSPS) is 18.3. The van der Waals surface area contributed by atoms with E-state index in [2.05, 4.69) is 0 Å². The zero-order valence-corrected chi connectivity index (χ0v) is 16.1. The number of nitriles is 1. The van der Waals surface area contributed by atoms with E-state index >= 15 is 0 Å². The Morgan fingerprint density at radius 1 is 1.26 bits per heavy atom. The van der Waals surface area contributed by atoms with E-state index in [1.807, 2.05) is 43.3 Å². The van der Waals surface area contributed by atoms with Gasteiger partial charge in [-0.15, -0.1) is 0 Å². The largest absolute Gasteiger partial charge is 0.365 e. The smallest absolute Gasteiger partial charge is 0.262 e. The fourth-order valence-corrected chi connectivity index (χ4v) is 4.31. The molecule has 0 aliphatic carbocycles. The number of carbonyl (C=O) groups is 2. The first-order valence-corrected chi connectivity index (χ1v) is 9.43. The summed E-state index contributed by atoms with van der Waals surface area (Å²) in [5, 5.41) is 9.71. The highest BCUT2D eigenvalue weighted by Crippen LogP contribution is 2.42. The average Bonchev–Trinajstić information content (AvgIpc) is 2.94. The number of aryl methyl sites for hydroxylation is 1. The third kappa shape index (κ3) is 3.85. The van der Waals surface area contributed by atoms with Gasteiger partial charge in [-0.3, -0.25) is 14.5 Å². The van der Waals surface area contributed by atoms with Gasteiger partial charge in [-0.1, -0.05) is 59.3 Å². The van der Waals surface area contributed by atoms with Crippen molar-refractivity contribution in [2.24, 2.45) is 5.73 Å². The maximum absolute atomic E-state index is 13.1. The predicted octanol–water partition coefficient (Wildman–Crippen LogP) is 3.56. The SMILES string of the molecule is Cc1ccc(N2C(=O)C(Cc3ccccc3Cl)S/C2=C(/C#N)C(N)=O)cc1. The summed E-state index contributed by atoms with van der Waals surface area (Å²) in [6, 6.07) is 16.4. The third-order valence-electron chi connectivity index (χ3n) is 4.18. The number of nitrogens with zero attached hydrogens (tertiary/aromatic N) is 2. The Kier molecular flexibility index (Phi) is 5.54. The molecular weight excluding hydrogens is 382 g/mol. The number of nitrogens with two attached hydrogens (primary N) is 1. The van der Waals surface area contributed by atoms with Crippen LogP contribution in [0.5, 0.6) is 0 Å². The van der Waals surface area contributed by atoms with Crippen molar-refractivity contribution in [1.82, 2.24) is 0 Å². The number of hydrogen-bond acceptors (Lipinski definition) is 4. The average molecular weight is 398 g/mol. The topological polar surface area (TPSA) is 87.2 Å². The van der Waals surface area contributed by atoms with Crippen LogP contribution in [0.1, 0.15) is 11.1 Å². The van der Waals surface area contributed by atoms with Crippen LogP contribution in [0.15, 0.2) is 59.1 Å². The minimum atomic E-state index is -0.858. The molecule has 1 aliphatic heterocycles. The van der Waals surface area contributed by atoms with E-state index in [9.17, 15) is 14.9 Å². The first kappa shape index (κ1) is 19.0. The van der Waals surface area contributed by atoms with E-state index in [1.165, 1.54) is 4.90 Å². The van der Waals surface area contributed by atoms with Crippen LogP contribution < -0.4 is 10.6 Å². The van der Waals surface area contributed by atoms with E-state index in [4.69, 9.17) is 17.3 Å². The monoisotopic (exact) mass is 397 g/mol. The van der Waals surface area contributed by atoms with Crippen molar-refractivity contribution in [3.63, 3.8) is 0 Å². The Bertz CT molecular complexity index is 979. The first-order chi connectivity index (χ1) is 12.9. The fourth-order valence-electron chi connectivity index (χ4n) is 2.79. The zero-order chi connectivity index (χ0) is 19.6. The molecule has 2 N–H and O–H groups in total. The number of benzene rings is 2. The van der Waals surface area contributed by atoms with Gasteiger partial charge in [0, 0.05) is 10.7 Å². The van der Waals surface area contributed by atoms with E-state index in [-0.39, 0.29) is 16.5 Å². The molecule has 3 rings (SSSR count). The van der Waals surface area contributed by atoms with Gasteiger partial charge in [0.25, 0.3) is 5.91 Å². The first-order valence-electron chi connectivity index (χ1n) is 8.17. The lowest BCUT2D eigenvalue weighted by molar-refractivity contribution is -0.117. The van der Waals surface area contributed by atoms with Crippen LogP contribution in [0.3, 0.4) is 0 Å². The molecule has 1 aliphatic rings. The highest BCUT2D eigenvalue weighted by molar-refractivity contribution is 8.05. The van der Waals surface area contributed by atoms with Crippen molar-refractivity contribution >= 4 is 40.9 Å². The van der Waals surface area contributed by atoms with Crippen LogP contribution in [-0.2, 0) is 16.0 Å². The number of carbonyl (C=O) groups excluding carboxylic acids is 2. The molecule has 1 fully saturated rings. The summed E-state index contributed by atoms with van der Waals surface area (Å²) in [5.41, 5.74) is 7.59. The summed E-state index contributed by atoms with van der Waals surface area (Å²) in [7, 11) is 0. The summed E-state index contributed by atoms with van der Waals surface area (Å²) in [6.45, 7) is 1.94. The maximum Gasteiger partial charge on any atom is 0.262 e. The molecular formula is C20H16ClN3O2S. The summed E-state index contributed by atoms with van der Waals surface area (Å²) in [6.07, 6.45) is 0.381. The van der Waals surface area contributed by atoms with Crippen LogP contribution >= 0.6 is 23.4 Å². The molecule has 1 atom stereocenters. The number of primary amides is 1. The Morgan fingerprint density at radius 3 is 2.52 bits per heavy atom. The number of thioether (sulfide) groups is 1.